The molecule has 0 aliphatic heterocycles. The van der Waals surface area contributed by atoms with Crippen LogP contribution in [0.25, 0.3) is 22.4 Å². The summed E-state index contributed by atoms with van der Waals surface area (Å²) in [6.45, 7) is 0. The van der Waals surface area contributed by atoms with Crippen molar-refractivity contribution in [3.63, 3.8) is 0 Å². The molecule has 1 aromatic heterocycles. The van der Waals surface area contributed by atoms with E-state index in [4.69, 9.17) is 5.73 Å². The van der Waals surface area contributed by atoms with Crippen LogP contribution in [0.15, 0.2) is 53.0 Å². The molecule has 0 aliphatic carbocycles. The number of anilines is 1. The van der Waals surface area contributed by atoms with Crippen LogP contribution >= 0.6 is 15.9 Å². The van der Waals surface area contributed by atoms with Crippen LogP contribution < -0.4 is 5.73 Å². The monoisotopic (exact) mass is 345 g/mol. The van der Waals surface area contributed by atoms with Crippen molar-refractivity contribution in [2.24, 2.45) is 7.05 Å². The fourth-order valence-electron chi connectivity index (χ4n) is 2.31. The predicted octanol–water partition coefficient (Wildman–Crippen LogP) is 4.24. The number of rotatable bonds is 2. The van der Waals surface area contributed by atoms with Crippen LogP contribution in [0.1, 0.15) is 0 Å². The van der Waals surface area contributed by atoms with E-state index in [9.17, 15) is 4.39 Å². The molecule has 5 heteroatoms. The molecule has 0 fully saturated rings. The van der Waals surface area contributed by atoms with Crippen LogP contribution in [0, 0.1) is 5.82 Å². The maximum atomic E-state index is 14.2. The molecule has 0 bridgehead atoms. The molecule has 0 aliphatic rings. The van der Waals surface area contributed by atoms with E-state index in [2.05, 4.69) is 21.0 Å². The minimum atomic E-state index is -0.314. The van der Waals surface area contributed by atoms with Gasteiger partial charge < -0.3 is 5.73 Å². The SMILES string of the molecule is Cn1nc(-c2ccccc2Br)c(-c2ccccc2F)c1N. The number of aryl methyl sites for hydroxylation is 1. The summed E-state index contributed by atoms with van der Waals surface area (Å²) in [4.78, 5) is 0. The maximum absolute atomic E-state index is 14.2. The van der Waals surface area contributed by atoms with Crippen molar-refractivity contribution in [2.45, 2.75) is 0 Å². The lowest BCUT2D eigenvalue weighted by atomic mass is 10.0. The minimum absolute atomic E-state index is 0.314. The molecule has 3 rings (SSSR count). The van der Waals surface area contributed by atoms with Crippen LogP contribution in [-0.2, 0) is 7.05 Å². The van der Waals surface area contributed by atoms with E-state index in [1.165, 1.54) is 6.07 Å². The van der Waals surface area contributed by atoms with Gasteiger partial charge in [0.1, 0.15) is 17.3 Å². The lowest BCUT2D eigenvalue weighted by Crippen LogP contribution is -1.98. The molecular formula is C16H13BrFN3. The zero-order valence-corrected chi connectivity index (χ0v) is 12.9. The molecule has 0 atom stereocenters. The maximum Gasteiger partial charge on any atom is 0.131 e. The zero-order valence-electron chi connectivity index (χ0n) is 11.3. The molecule has 3 nitrogen and oxygen atoms in total. The van der Waals surface area contributed by atoms with Gasteiger partial charge >= 0.3 is 0 Å². The second-order valence-electron chi connectivity index (χ2n) is 4.69. The van der Waals surface area contributed by atoms with Crippen LogP contribution in [0.5, 0.6) is 0 Å². The first-order chi connectivity index (χ1) is 10.1. The topological polar surface area (TPSA) is 43.8 Å². The Balaban J connectivity index is 2.32. The molecule has 2 N–H and O–H groups in total. The van der Waals surface area contributed by atoms with Crippen molar-refractivity contribution in [3.05, 3.63) is 58.8 Å². The molecule has 1 heterocycles. The molecule has 0 spiro atoms. The highest BCUT2D eigenvalue weighted by molar-refractivity contribution is 9.10. The van der Waals surface area contributed by atoms with E-state index in [1.54, 1.807) is 29.9 Å². The van der Waals surface area contributed by atoms with Gasteiger partial charge in [-0.1, -0.05) is 52.3 Å². The Morgan fingerprint density at radius 1 is 1.05 bits per heavy atom. The lowest BCUT2D eigenvalue weighted by Gasteiger charge is -2.07. The smallest absolute Gasteiger partial charge is 0.131 e. The molecule has 0 radical (unpaired) electrons. The Morgan fingerprint density at radius 3 is 2.33 bits per heavy atom. The summed E-state index contributed by atoms with van der Waals surface area (Å²) >= 11 is 3.51. The summed E-state index contributed by atoms with van der Waals surface area (Å²) in [5, 5.41) is 4.45. The molecule has 2 aromatic carbocycles. The summed E-state index contributed by atoms with van der Waals surface area (Å²) in [7, 11) is 1.75. The average Bonchev–Trinajstić information content (AvgIpc) is 2.76. The number of halogens is 2. The third-order valence-corrected chi connectivity index (χ3v) is 4.06. The molecule has 0 amide bonds. The molecule has 106 valence electrons. The summed E-state index contributed by atoms with van der Waals surface area (Å²) in [6.07, 6.45) is 0. The fourth-order valence-corrected chi connectivity index (χ4v) is 2.78. The molecule has 21 heavy (non-hydrogen) atoms. The average molecular weight is 346 g/mol. The van der Waals surface area contributed by atoms with Crippen molar-refractivity contribution >= 4 is 21.7 Å². The number of nitrogens with two attached hydrogens (primary N) is 1. The number of hydrogen-bond donors (Lipinski definition) is 1. The van der Waals surface area contributed by atoms with E-state index >= 15 is 0 Å². The first-order valence-corrected chi connectivity index (χ1v) is 7.21. The fraction of sp³-hybridized carbons (Fsp3) is 0.0625. The number of nitrogens with zero attached hydrogens (tertiary/aromatic N) is 2. The van der Waals surface area contributed by atoms with Gasteiger partial charge in [-0.2, -0.15) is 5.10 Å². The van der Waals surface area contributed by atoms with E-state index in [1.807, 2.05) is 24.3 Å². The summed E-state index contributed by atoms with van der Waals surface area (Å²) in [5.74, 6) is 0.122. The van der Waals surface area contributed by atoms with Crippen molar-refractivity contribution < 1.29 is 4.39 Å². The van der Waals surface area contributed by atoms with Crippen molar-refractivity contribution in [2.75, 3.05) is 5.73 Å². The Hall–Kier alpha value is -2.14. The van der Waals surface area contributed by atoms with Crippen LogP contribution in [0.4, 0.5) is 10.2 Å². The third kappa shape index (κ3) is 2.34. The number of hydrogen-bond acceptors (Lipinski definition) is 2. The number of aromatic nitrogens is 2. The van der Waals surface area contributed by atoms with Gasteiger partial charge in [-0.3, -0.25) is 4.68 Å². The Morgan fingerprint density at radius 2 is 1.67 bits per heavy atom. The summed E-state index contributed by atoms with van der Waals surface area (Å²) in [5.41, 5.74) is 8.71. The van der Waals surface area contributed by atoms with E-state index in [0.717, 1.165) is 10.0 Å². The van der Waals surface area contributed by atoms with Gasteiger partial charge in [0.05, 0.1) is 5.56 Å². The first kappa shape index (κ1) is 13.8. The summed E-state index contributed by atoms with van der Waals surface area (Å²) in [6, 6.07) is 14.3. The van der Waals surface area contributed by atoms with Crippen molar-refractivity contribution in [1.29, 1.82) is 0 Å². The molecule has 3 aromatic rings. The Labute approximate surface area is 130 Å². The Kier molecular flexibility index (Phi) is 3.51. The largest absolute Gasteiger partial charge is 0.383 e. The number of nitrogen functional groups attached to an aromatic ring is 1. The highest BCUT2D eigenvalue weighted by atomic mass is 79.9. The predicted molar refractivity (Wildman–Crippen MR) is 86.2 cm³/mol. The standard InChI is InChI=1S/C16H13BrFN3/c1-21-16(19)14(11-7-3-5-9-13(11)18)15(20-21)10-6-2-4-8-12(10)17/h2-9H,19H2,1H3. The minimum Gasteiger partial charge on any atom is -0.383 e. The summed E-state index contributed by atoms with van der Waals surface area (Å²) < 4.78 is 16.6. The second-order valence-corrected chi connectivity index (χ2v) is 5.55. The first-order valence-electron chi connectivity index (χ1n) is 6.42. The van der Waals surface area contributed by atoms with Crippen molar-refractivity contribution in [3.8, 4) is 22.4 Å². The molecule has 0 saturated carbocycles. The molecule has 0 saturated heterocycles. The number of benzene rings is 2. The van der Waals surface area contributed by atoms with Gasteiger partial charge in [0.15, 0.2) is 0 Å². The van der Waals surface area contributed by atoms with Crippen molar-refractivity contribution in [1.82, 2.24) is 9.78 Å². The van der Waals surface area contributed by atoms with Gasteiger partial charge in [-0.25, -0.2) is 4.39 Å². The van der Waals surface area contributed by atoms with Gasteiger partial charge in [0.25, 0.3) is 0 Å². The lowest BCUT2D eigenvalue weighted by molar-refractivity contribution is 0.631. The van der Waals surface area contributed by atoms with Crippen LogP contribution in [0.3, 0.4) is 0 Å². The van der Waals surface area contributed by atoms with Crippen LogP contribution in [0.2, 0.25) is 0 Å². The quantitative estimate of drug-likeness (QED) is 0.754. The molecular weight excluding hydrogens is 333 g/mol. The van der Waals surface area contributed by atoms with E-state index < -0.39 is 0 Å². The Bertz CT molecular complexity index is 811. The van der Waals surface area contributed by atoms with Gasteiger partial charge in [0, 0.05) is 22.6 Å². The highest BCUT2D eigenvalue weighted by Gasteiger charge is 2.20. The van der Waals surface area contributed by atoms with Crippen LogP contribution in [-0.4, -0.2) is 9.78 Å². The second kappa shape index (κ2) is 5.33. The van der Waals surface area contributed by atoms with Gasteiger partial charge in [-0.05, 0) is 12.1 Å². The zero-order chi connectivity index (χ0) is 15.0. The molecule has 0 unspecified atom stereocenters. The van der Waals surface area contributed by atoms with Gasteiger partial charge in [-0.15, -0.1) is 0 Å². The van der Waals surface area contributed by atoms with E-state index in [0.29, 0.717) is 22.6 Å². The highest BCUT2D eigenvalue weighted by Crippen LogP contribution is 2.39. The third-order valence-electron chi connectivity index (χ3n) is 3.36. The normalized spacial score (nSPS) is 10.8. The van der Waals surface area contributed by atoms with E-state index in [-0.39, 0.29) is 5.82 Å². The van der Waals surface area contributed by atoms with Gasteiger partial charge in [0.2, 0.25) is 0 Å².